The molecule has 0 aliphatic heterocycles. The highest BCUT2D eigenvalue weighted by molar-refractivity contribution is 6.35. The first-order chi connectivity index (χ1) is 8.78. The Bertz CT molecular complexity index is 557. The molecule has 2 aromatic rings. The first-order valence-electron chi connectivity index (χ1n) is 6.66. The van der Waals surface area contributed by atoms with E-state index in [-0.39, 0.29) is 6.61 Å². The Labute approximate surface area is 112 Å². The third kappa shape index (κ3) is 2.40. The van der Waals surface area contributed by atoms with Gasteiger partial charge in [0.2, 0.25) is 0 Å². The van der Waals surface area contributed by atoms with Crippen LogP contribution < -0.4 is 0 Å². The fourth-order valence-corrected chi connectivity index (χ4v) is 2.78. The van der Waals surface area contributed by atoms with Crippen LogP contribution in [0.25, 0.3) is 10.9 Å². The van der Waals surface area contributed by atoms with Crippen molar-refractivity contribution in [2.45, 2.75) is 32.2 Å². The summed E-state index contributed by atoms with van der Waals surface area (Å²) in [4.78, 5) is 0. The summed E-state index contributed by atoms with van der Waals surface area (Å²) in [5, 5.41) is 10.9. The van der Waals surface area contributed by atoms with Crippen LogP contribution in [0, 0.1) is 5.92 Å². The van der Waals surface area contributed by atoms with E-state index in [2.05, 4.69) is 22.8 Å². The molecule has 0 unspecified atom stereocenters. The van der Waals surface area contributed by atoms with Gasteiger partial charge in [0, 0.05) is 30.3 Å². The van der Waals surface area contributed by atoms with E-state index >= 15 is 0 Å². The van der Waals surface area contributed by atoms with Crippen LogP contribution in [-0.4, -0.2) is 16.3 Å². The molecule has 3 rings (SSSR count). The highest BCUT2D eigenvalue weighted by Gasteiger charge is 2.21. The quantitative estimate of drug-likeness (QED) is 0.876. The smallest absolute Gasteiger partial charge is 0.0661 e. The van der Waals surface area contributed by atoms with Crippen molar-refractivity contribution in [3.05, 3.63) is 35.0 Å². The fourth-order valence-electron chi connectivity index (χ4n) is 2.50. The molecule has 0 bridgehead atoms. The van der Waals surface area contributed by atoms with Crippen LogP contribution in [0.4, 0.5) is 0 Å². The molecule has 0 saturated heterocycles. The van der Waals surface area contributed by atoms with Crippen molar-refractivity contribution < 1.29 is 5.11 Å². The molecule has 1 N–H and O–H groups in total. The molecule has 0 radical (unpaired) electrons. The summed E-state index contributed by atoms with van der Waals surface area (Å²) >= 11 is 6.24. The van der Waals surface area contributed by atoms with Gasteiger partial charge in [-0.2, -0.15) is 0 Å². The summed E-state index contributed by atoms with van der Waals surface area (Å²) in [7, 11) is 0. The maximum atomic E-state index is 8.94. The van der Waals surface area contributed by atoms with Gasteiger partial charge in [-0.15, -0.1) is 0 Å². The van der Waals surface area contributed by atoms with Gasteiger partial charge in [0.15, 0.2) is 0 Å². The van der Waals surface area contributed by atoms with Crippen molar-refractivity contribution in [2.75, 3.05) is 6.61 Å². The minimum absolute atomic E-state index is 0.221. The van der Waals surface area contributed by atoms with E-state index in [1.807, 2.05) is 6.20 Å². The maximum Gasteiger partial charge on any atom is 0.0661 e. The number of hydrogen-bond donors (Lipinski definition) is 1. The molecular weight excluding hydrogens is 246 g/mol. The molecule has 18 heavy (non-hydrogen) atoms. The van der Waals surface area contributed by atoms with Crippen LogP contribution in [0.3, 0.4) is 0 Å². The first kappa shape index (κ1) is 12.1. The molecule has 0 atom stereocenters. The molecule has 1 heterocycles. The topological polar surface area (TPSA) is 25.2 Å². The number of fused-ring (bicyclic) bond motifs is 1. The summed E-state index contributed by atoms with van der Waals surface area (Å²) in [6.07, 6.45) is 6.70. The molecule has 2 nitrogen and oxygen atoms in total. The van der Waals surface area contributed by atoms with E-state index in [0.717, 1.165) is 29.3 Å². The number of aliphatic hydroxyl groups excluding tert-OH is 1. The zero-order valence-electron chi connectivity index (χ0n) is 10.4. The number of aryl methyl sites for hydroxylation is 1. The molecule has 1 aromatic carbocycles. The normalized spacial score (nSPS) is 15.4. The fraction of sp³-hybridized carbons (Fsp3) is 0.467. The van der Waals surface area contributed by atoms with Crippen molar-refractivity contribution in [1.82, 2.24) is 4.57 Å². The van der Waals surface area contributed by atoms with E-state index in [9.17, 15) is 0 Å². The van der Waals surface area contributed by atoms with E-state index in [4.69, 9.17) is 16.7 Å². The molecule has 1 aliphatic rings. The Morgan fingerprint density at radius 2 is 2.17 bits per heavy atom. The second-order valence-electron chi connectivity index (χ2n) is 5.25. The summed E-state index contributed by atoms with van der Waals surface area (Å²) < 4.78 is 2.16. The van der Waals surface area contributed by atoms with Gasteiger partial charge in [0.1, 0.15) is 0 Å². The number of nitrogens with zero attached hydrogens (tertiary/aromatic N) is 1. The van der Waals surface area contributed by atoms with Crippen LogP contribution in [0.1, 0.15) is 24.8 Å². The molecule has 1 aliphatic carbocycles. The van der Waals surface area contributed by atoms with Gasteiger partial charge >= 0.3 is 0 Å². The van der Waals surface area contributed by atoms with Gasteiger partial charge in [0.25, 0.3) is 0 Å². The summed E-state index contributed by atoms with van der Waals surface area (Å²) in [5.41, 5.74) is 2.61. The summed E-state index contributed by atoms with van der Waals surface area (Å²) in [6, 6.07) is 6.59. The highest BCUT2D eigenvalue weighted by atomic mass is 35.5. The van der Waals surface area contributed by atoms with Crippen molar-refractivity contribution in [3.8, 4) is 0 Å². The number of halogens is 1. The molecule has 0 spiro atoms. The van der Waals surface area contributed by atoms with E-state index in [1.165, 1.54) is 30.3 Å². The molecule has 0 amide bonds. The highest BCUT2D eigenvalue weighted by Crippen LogP contribution is 2.34. The third-order valence-corrected chi connectivity index (χ3v) is 3.98. The average Bonchev–Trinajstić information content (AvgIpc) is 3.12. The predicted octanol–water partition coefficient (Wildman–Crippen LogP) is 3.63. The molecule has 96 valence electrons. The average molecular weight is 264 g/mol. The Morgan fingerprint density at radius 1 is 1.33 bits per heavy atom. The largest absolute Gasteiger partial charge is 0.396 e. The summed E-state index contributed by atoms with van der Waals surface area (Å²) in [5.74, 6) is 0.902. The van der Waals surface area contributed by atoms with Crippen molar-refractivity contribution in [3.63, 3.8) is 0 Å². The Morgan fingerprint density at radius 3 is 2.89 bits per heavy atom. The lowest BCUT2D eigenvalue weighted by Gasteiger charge is -2.05. The zero-order valence-corrected chi connectivity index (χ0v) is 11.2. The molecule has 1 saturated carbocycles. The zero-order chi connectivity index (χ0) is 12.5. The second kappa shape index (κ2) is 4.94. The van der Waals surface area contributed by atoms with Crippen molar-refractivity contribution >= 4 is 22.5 Å². The number of benzene rings is 1. The van der Waals surface area contributed by atoms with Gasteiger partial charge < -0.3 is 9.67 Å². The van der Waals surface area contributed by atoms with E-state index in [1.54, 1.807) is 0 Å². The number of aliphatic hydroxyl groups is 1. The second-order valence-corrected chi connectivity index (χ2v) is 5.65. The SMILES string of the molecule is OCCCn1cc(Cl)c2ccc(CC3CC3)cc21. The Kier molecular flexibility index (Phi) is 3.31. The van der Waals surface area contributed by atoms with Crippen molar-refractivity contribution in [2.24, 2.45) is 5.92 Å². The van der Waals surface area contributed by atoms with Gasteiger partial charge in [-0.25, -0.2) is 0 Å². The lowest BCUT2D eigenvalue weighted by Crippen LogP contribution is -1.98. The summed E-state index contributed by atoms with van der Waals surface area (Å²) in [6.45, 7) is 1.05. The van der Waals surface area contributed by atoms with Crippen LogP contribution in [-0.2, 0) is 13.0 Å². The number of hydrogen-bond acceptors (Lipinski definition) is 1. The minimum atomic E-state index is 0.221. The lowest BCUT2D eigenvalue weighted by atomic mass is 10.1. The Hall–Kier alpha value is -0.990. The first-order valence-corrected chi connectivity index (χ1v) is 7.04. The van der Waals surface area contributed by atoms with Gasteiger partial charge in [-0.1, -0.05) is 23.7 Å². The van der Waals surface area contributed by atoms with Crippen LogP contribution >= 0.6 is 11.6 Å². The van der Waals surface area contributed by atoms with Crippen LogP contribution in [0.2, 0.25) is 5.02 Å². The number of rotatable bonds is 5. The number of aromatic nitrogens is 1. The molecule has 3 heteroatoms. The monoisotopic (exact) mass is 263 g/mol. The van der Waals surface area contributed by atoms with E-state index < -0.39 is 0 Å². The van der Waals surface area contributed by atoms with Crippen LogP contribution in [0.5, 0.6) is 0 Å². The van der Waals surface area contributed by atoms with Gasteiger partial charge in [-0.05, 0) is 43.2 Å². The molecule has 1 aromatic heterocycles. The third-order valence-electron chi connectivity index (χ3n) is 3.68. The van der Waals surface area contributed by atoms with Gasteiger partial charge in [-0.3, -0.25) is 0 Å². The van der Waals surface area contributed by atoms with E-state index in [0.29, 0.717) is 0 Å². The standard InChI is InChI=1S/C15H18ClNO/c16-14-10-17(6-1-7-18)15-9-12(4-5-13(14)15)8-11-2-3-11/h4-5,9-11,18H,1-3,6-8H2. The minimum Gasteiger partial charge on any atom is -0.396 e. The van der Waals surface area contributed by atoms with Crippen molar-refractivity contribution in [1.29, 1.82) is 0 Å². The predicted molar refractivity (Wildman–Crippen MR) is 75.1 cm³/mol. The Balaban J connectivity index is 1.94. The molecular formula is C15H18ClNO. The van der Waals surface area contributed by atoms with Gasteiger partial charge in [0.05, 0.1) is 5.02 Å². The molecule has 1 fully saturated rings. The maximum absolute atomic E-state index is 8.94. The lowest BCUT2D eigenvalue weighted by molar-refractivity contribution is 0.280. The van der Waals surface area contributed by atoms with Crippen LogP contribution in [0.15, 0.2) is 24.4 Å².